The summed E-state index contributed by atoms with van der Waals surface area (Å²) in [6.07, 6.45) is 0. The third kappa shape index (κ3) is 4.65. The Balaban J connectivity index is 1.32. The average Bonchev–Trinajstić information content (AvgIpc) is 3.78. The van der Waals surface area contributed by atoms with Crippen molar-refractivity contribution in [2.75, 3.05) is 0 Å². The molecule has 10 aromatic rings. The highest BCUT2D eigenvalue weighted by atomic mass is 16.4. The van der Waals surface area contributed by atoms with Crippen molar-refractivity contribution < 1.29 is 8.83 Å². The third-order valence-electron chi connectivity index (χ3n) is 9.14. The van der Waals surface area contributed by atoms with Gasteiger partial charge in [-0.1, -0.05) is 121 Å². The van der Waals surface area contributed by atoms with Crippen molar-refractivity contribution in [1.82, 2.24) is 19.9 Å². The highest BCUT2D eigenvalue weighted by Gasteiger charge is 2.25. The van der Waals surface area contributed by atoms with E-state index in [1.807, 2.05) is 91.0 Å². The number of hydrogen-bond donors (Lipinski definition) is 0. The Kier molecular flexibility index (Phi) is 6.39. The molecule has 0 saturated carbocycles. The van der Waals surface area contributed by atoms with Crippen molar-refractivity contribution in [3.05, 3.63) is 158 Å². The van der Waals surface area contributed by atoms with E-state index in [1.165, 1.54) is 0 Å². The van der Waals surface area contributed by atoms with Crippen LogP contribution in [0.25, 0.3) is 101 Å². The topological polar surface area (TPSA) is 77.8 Å². The maximum Gasteiger partial charge on any atom is 0.227 e. The van der Waals surface area contributed by atoms with Gasteiger partial charge in [0.05, 0.1) is 5.56 Å². The fourth-order valence-electron chi connectivity index (χ4n) is 6.79. The number of oxazole rings is 1. The minimum atomic E-state index is 0.471. The lowest BCUT2D eigenvalue weighted by molar-refractivity contribution is 0.620. The van der Waals surface area contributed by atoms with Crippen LogP contribution < -0.4 is 0 Å². The van der Waals surface area contributed by atoms with Crippen LogP contribution in [-0.2, 0) is 0 Å². The summed E-state index contributed by atoms with van der Waals surface area (Å²) in [6.45, 7) is 0. The molecule has 0 unspecified atom stereocenters. The first-order valence-corrected chi connectivity index (χ1v) is 16.5. The summed E-state index contributed by atoms with van der Waals surface area (Å²) in [7, 11) is 0. The molecule has 0 N–H and O–H groups in total. The van der Waals surface area contributed by atoms with Gasteiger partial charge in [-0.05, 0) is 52.2 Å². The molecular formula is C44H26N4O2. The lowest BCUT2D eigenvalue weighted by Gasteiger charge is -2.14. The Morgan fingerprint density at radius 2 is 0.980 bits per heavy atom. The molecule has 0 fully saturated rings. The lowest BCUT2D eigenvalue weighted by atomic mass is 9.95. The summed E-state index contributed by atoms with van der Waals surface area (Å²) in [4.78, 5) is 20.6. The van der Waals surface area contributed by atoms with Crippen LogP contribution >= 0.6 is 0 Å². The van der Waals surface area contributed by atoms with Gasteiger partial charge in [0, 0.05) is 33.5 Å². The number of rotatable bonds is 5. The molecule has 7 aromatic carbocycles. The van der Waals surface area contributed by atoms with Gasteiger partial charge >= 0.3 is 0 Å². The Hall–Kier alpha value is -6.92. The summed E-state index contributed by atoms with van der Waals surface area (Å²) >= 11 is 0. The van der Waals surface area contributed by atoms with E-state index < -0.39 is 0 Å². The van der Waals surface area contributed by atoms with Crippen LogP contribution in [0.15, 0.2) is 167 Å². The van der Waals surface area contributed by atoms with Crippen LogP contribution in [0.4, 0.5) is 0 Å². The third-order valence-corrected chi connectivity index (χ3v) is 9.14. The maximum absolute atomic E-state index is 6.65. The Morgan fingerprint density at radius 3 is 1.72 bits per heavy atom. The Labute approximate surface area is 286 Å². The smallest absolute Gasteiger partial charge is 0.227 e. The predicted molar refractivity (Wildman–Crippen MR) is 199 cm³/mol. The van der Waals surface area contributed by atoms with E-state index in [1.54, 1.807) is 0 Å². The molecule has 234 valence electrons. The molecule has 0 amide bonds. The average molecular weight is 643 g/mol. The van der Waals surface area contributed by atoms with Gasteiger partial charge in [0.1, 0.15) is 16.7 Å². The highest BCUT2D eigenvalue weighted by molar-refractivity contribution is 6.18. The van der Waals surface area contributed by atoms with E-state index in [4.69, 9.17) is 28.8 Å². The zero-order valence-corrected chi connectivity index (χ0v) is 26.6. The Morgan fingerprint density at radius 1 is 0.400 bits per heavy atom. The van der Waals surface area contributed by atoms with E-state index in [0.717, 1.165) is 54.9 Å². The zero-order valence-electron chi connectivity index (χ0n) is 26.6. The fourth-order valence-corrected chi connectivity index (χ4v) is 6.79. The predicted octanol–water partition coefficient (Wildman–Crippen LogP) is 11.4. The summed E-state index contributed by atoms with van der Waals surface area (Å²) in [6, 6.07) is 53.0. The summed E-state index contributed by atoms with van der Waals surface area (Å²) in [5.74, 6) is 2.09. The van der Waals surface area contributed by atoms with Gasteiger partial charge in [0.2, 0.25) is 5.89 Å². The van der Waals surface area contributed by atoms with E-state index in [9.17, 15) is 0 Å². The molecule has 0 atom stereocenters. The van der Waals surface area contributed by atoms with Gasteiger partial charge in [0.25, 0.3) is 0 Å². The quantitative estimate of drug-likeness (QED) is 0.186. The first-order valence-electron chi connectivity index (χ1n) is 16.5. The van der Waals surface area contributed by atoms with Crippen LogP contribution in [0.1, 0.15) is 0 Å². The van der Waals surface area contributed by atoms with Gasteiger partial charge in [-0.2, -0.15) is 0 Å². The van der Waals surface area contributed by atoms with Crippen LogP contribution in [0.5, 0.6) is 0 Å². The molecule has 0 bridgehead atoms. The minimum Gasteiger partial charge on any atom is -0.456 e. The number of fused-ring (bicyclic) bond motifs is 5. The minimum absolute atomic E-state index is 0.471. The van der Waals surface area contributed by atoms with Crippen LogP contribution in [0.2, 0.25) is 0 Å². The SMILES string of the molecule is c1ccc(-c2nc(-c3cc4ccccc4cc3-c3ccccc3)nc(-c3c4oc(-c5ccccc5)nc4cc4oc5ccccc5c34)n2)cc1. The summed E-state index contributed by atoms with van der Waals surface area (Å²) in [5.41, 5.74) is 8.15. The molecule has 10 rings (SSSR count). The fraction of sp³-hybridized carbons (Fsp3) is 0. The molecule has 0 aliphatic rings. The van der Waals surface area contributed by atoms with Gasteiger partial charge in [-0.25, -0.2) is 19.9 Å². The van der Waals surface area contributed by atoms with Gasteiger partial charge in [-0.15, -0.1) is 0 Å². The zero-order chi connectivity index (χ0) is 33.0. The van der Waals surface area contributed by atoms with Crippen molar-refractivity contribution in [2.45, 2.75) is 0 Å². The van der Waals surface area contributed by atoms with Crippen LogP contribution in [0, 0.1) is 0 Å². The van der Waals surface area contributed by atoms with E-state index in [0.29, 0.717) is 45.6 Å². The maximum atomic E-state index is 6.65. The largest absolute Gasteiger partial charge is 0.456 e. The van der Waals surface area contributed by atoms with E-state index in [2.05, 4.69) is 66.7 Å². The lowest BCUT2D eigenvalue weighted by Crippen LogP contribution is -2.02. The van der Waals surface area contributed by atoms with Crippen LogP contribution in [0.3, 0.4) is 0 Å². The number of furan rings is 1. The molecule has 3 aromatic heterocycles. The van der Waals surface area contributed by atoms with E-state index in [-0.39, 0.29) is 0 Å². The van der Waals surface area contributed by atoms with Crippen molar-refractivity contribution in [2.24, 2.45) is 0 Å². The van der Waals surface area contributed by atoms with Gasteiger partial charge < -0.3 is 8.83 Å². The molecule has 0 saturated heterocycles. The van der Waals surface area contributed by atoms with Crippen molar-refractivity contribution >= 4 is 43.8 Å². The van der Waals surface area contributed by atoms with Gasteiger partial charge in [0.15, 0.2) is 23.1 Å². The number of nitrogens with zero attached hydrogens (tertiary/aromatic N) is 4. The molecule has 0 aliphatic heterocycles. The second-order valence-electron chi connectivity index (χ2n) is 12.2. The number of aromatic nitrogens is 4. The highest BCUT2D eigenvalue weighted by Crippen LogP contribution is 2.43. The summed E-state index contributed by atoms with van der Waals surface area (Å²) < 4.78 is 13.1. The van der Waals surface area contributed by atoms with Crippen LogP contribution in [-0.4, -0.2) is 19.9 Å². The standard InChI is InChI=1S/C44H26N4O2/c1-4-14-27(15-5-1)33-24-30-20-10-11-21-31(30)25-34(33)42-46-41(28-16-6-2-7-17-28)47-43(48-42)39-38-32-22-12-13-23-36(32)49-37(38)26-35-40(39)50-44(45-35)29-18-8-3-9-19-29/h1-26H. The monoisotopic (exact) mass is 642 g/mol. The molecule has 50 heavy (non-hydrogen) atoms. The molecular weight excluding hydrogens is 617 g/mol. The number of benzene rings is 7. The molecule has 0 aliphatic carbocycles. The van der Waals surface area contributed by atoms with E-state index >= 15 is 0 Å². The number of hydrogen-bond acceptors (Lipinski definition) is 6. The van der Waals surface area contributed by atoms with Crippen molar-refractivity contribution in [3.63, 3.8) is 0 Å². The Bertz CT molecular complexity index is 2860. The normalized spacial score (nSPS) is 11.6. The molecule has 0 radical (unpaired) electrons. The second-order valence-corrected chi connectivity index (χ2v) is 12.2. The first kappa shape index (κ1) is 28.1. The van der Waals surface area contributed by atoms with Crippen molar-refractivity contribution in [1.29, 1.82) is 0 Å². The summed E-state index contributed by atoms with van der Waals surface area (Å²) in [5, 5.41) is 4.04. The molecule has 0 spiro atoms. The van der Waals surface area contributed by atoms with Crippen molar-refractivity contribution in [3.8, 4) is 56.7 Å². The number of para-hydroxylation sites is 1. The molecule has 6 nitrogen and oxygen atoms in total. The molecule has 3 heterocycles. The first-order chi connectivity index (χ1) is 24.8. The molecule has 6 heteroatoms. The second kappa shape index (κ2) is 11.4. The van der Waals surface area contributed by atoms with Gasteiger partial charge in [-0.3, -0.25) is 0 Å².